The summed E-state index contributed by atoms with van der Waals surface area (Å²) in [6.45, 7) is 3.63. The summed E-state index contributed by atoms with van der Waals surface area (Å²) >= 11 is 0. The number of aliphatic hydroxyl groups excluding tert-OH is 1. The van der Waals surface area contributed by atoms with Crippen LogP contribution in [0.3, 0.4) is 0 Å². The smallest absolute Gasteiger partial charge is 0.220 e. The summed E-state index contributed by atoms with van der Waals surface area (Å²) in [5.74, 6) is 1.27. The number of carbonyl (C=O) groups is 1. The van der Waals surface area contributed by atoms with Crippen LogP contribution in [0.4, 0.5) is 0 Å². The van der Waals surface area contributed by atoms with Crippen LogP contribution in [-0.2, 0) is 4.79 Å². The van der Waals surface area contributed by atoms with Crippen LogP contribution in [-0.4, -0.2) is 54.8 Å². The van der Waals surface area contributed by atoms with Gasteiger partial charge in [0.25, 0.3) is 0 Å². The molecule has 0 aliphatic carbocycles. The number of nitriles is 1. The zero-order valence-corrected chi connectivity index (χ0v) is 16.9. The molecule has 3 rings (SSSR count). The number of fused-ring (bicyclic) bond motifs is 1. The molecule has 1 aromatic rings. The maximum Gasteiger partial charge on any atom is 0.220 e. The fraction of sp³-hybridized carbons (Fsp3) is 0.652. The molecule has 30 heavy (non-hydrogen) atoms. The van der Waals surface area contributed by atoms with Crippen molar-refractivity contribution in [3.8, 4) is 17.6 Å². The predicted octanol–water partition coefficient (Wildman–Crippen LogP) is 3.18. The number of nitrogens with zero attached hydrogens (tertiary/aromatic N) is 2. The highest BCUT2D eigenvalue weighted by Crippen LogP contribution is 2.33. The minimum absolute atomic E-state index is 0. The molecule has 1 saturated heterocycles. The van der Waals surface area contributed by atoms with Crippen molar-refractivity contribution in [2.45, 2.75) is 64.5 Å². The van der Waals surface area contributed by atoms with Gasteiger partial charge in [0.1, 0.15) is 19.3 Å². The van der Waals surface area contributed by atoms with E-state index >= 15 is 0 Å². The number of amides is 1. The van der Waals surface area contributed by atoms with Crippen LogP contribution in [0.2, 0.25) is 0 Å². The Kier molecular flexibility index (Phi) is 9.92. The predicted molar refractivity (Wildman–Crippen MR) is 115 cm³/mol. The standard InChI is InChI=1S/C22H31N3O4.CH4/c23-10-4-2-1-3-7-21(26)24-18(16-25-11-5-6-12-25)22(27)17-8-9-19-20(15-17)29-14-13-28-19;/h8-9,15,18,22,27H,1-7,11-14,16H2,(H,24,26);1H4/t18-,22-;/m1./s1. The van der Waals surface area contributed by atoms with Gasteiger partial charge in [-0.15, -0.1) is 0 Å². The number of likely N-dealkylation sites (tertiary alicyclic amines) is 1. The Morgan fingerprint density at radius 1 is 1.17 bits per heavy atom. The molecule has 1 fully saturated rings. The molecule has 1 aromatic carbocycles. The second-order valence-corrected chi connectivity index (χ2v) is 7.75. The lowest BCUT2D eigenvalue weighted by atomic mass is 10.0. The fourth-order valence-electron chi connectivity index (χ4n) is 3.89. The molecule has 0 saturated carbocycles. The molecule has 0 unspecified atom stereocenters. The second-order valence-electron chi connectivity index (χ2n) is 7.75. The third-order valence-corrected chi connectivity index (χ3v) is 5.48. The molecular formula is C23H35N3O4. The van der Waals surface area contributed by atoms with E-state index in [1.54, 1.807) is 0 Å². The van der Waals surface area contributed by atoms with Crippen LogP contribution in [0.25, 0.3) is 0 Å². The summed E-state index contributed by atoms with van der Waals surface area (Å²) in [6, 6.07) is 7.20. The van der Waals surface area contributed by atoms with Crippen LogP contribution in [0.5, 0.6) is 11.5 Å². The molecule has 0 radical (unpaired) electrons. The Labute approximate surface area is 180 Å². The van der Waals surface area contributed by atoms with E-state index in [4.69, 9.17) is 14.7 Å². The van der Waals surface area contributed by atoms with E-state index in [0.717, 1.165) is 45.2 Å². The van der Waals surface area contributed by atoms with Gasteiger partial charge in [0.05, 0.1) is 12.1 Å². The molecule has 7 heteroatoms. The summed E-state index contributed by atoms with van der Waals surface area (Å²) in [4.78, 5) is 14.8. The van der Waals surface area contributed by atoms with Crippen molar-refractivity contribution in [3.05, 3.63) is 23.8 Å². The molecule has 2 aliphatic rings. The summed E-state index contributed by atoms with van der Waals surface area (Å²) in [7, 11) is 0. The lowest BCUT2D eigenvalue weighted by molar-refractivity contribution is -0.123. The first-order chi connectivity index (χ1) is 14.2. The lowest BCUT2D eigenvalue weighted by Gasteiger charge is -2.29. The van der Waals surface area contributed by atoms with E-state index in [-0.39, 0.29) is 19.4 Å². The molecule has 0 spiro atoms. The van der Waals surface area contributed by atoms with E-state index in [2.05, 4.69) is 16.3 Å². The summed E-state index contributed by atoms with van der Waals surface area (Å²) < 4.78 is 11.2. The molecule has 2 atom stereocenters. The number of carbonyl (C=O) groups excluding carboxylic acids is 1. The lowest BCUT2D eigenvalue weighted by Crippen LogP contribution is -2.46. The van der Waals surface area contributed by atoms with Gasteiger partial charge in [-0.2, -0.15) is 5.26 Å². The van der Waals surface area contributed by atoms with E-state index in [1.807, 2.05) is 18.2 Å². The average Bonchev–Trinajstić information content (AvgIpc) is 3.25. The van der Waals surface area contributed by atoms with E-state index in [9.17, 15) is 9.90 Å². The molecule has 2 N–H and O–H groups in total. The Balaban J connectivity index is 0.00000320. The van der Waals surface area contributed by atoms with E-state index in [0.29, 0.717) is 49.7 Å². The van der Waals surface area contributed by atoms with Gasteiger partial charge in [0.15, 0.2) is 11.5 Å². The first-order valence-electron chi connectivity index (χ1n) is 10.6. The molecule has 1 amide bonds. The van der Waals surface area contributed by atoms with Gasteiger partial charge in [-0.05, 0) is 56.5 Å². The maximum absolute atomic E-state index is 12.5. The first kappa shape index (κ1) is 24.0. The molecule has 0 bridgehead atoms. The van der Waals surface area contributed by atoms with Gasteiger partial charge in [0.2, 0.25) is 5.91 Å². The van der Waals surface area contributed by atoms with Gasteiger partial charge in [-0.25, -0.2) is 0 Å². The van der Waals surface area contributed by atoms with Crippen molar-refractivity contribution >= 4 is 5.91 Å². The second kappa shape index (κ2) is 12.4. The first-order valence-corrected chi connectivity index (χ1v) is 10.6. The van der Waals surface area contributed by atoms with E-state index in [1.165, 1.54) is 0 Å². The van der Waals surface area contributed by atoms with Crippen molar-refractivity contribution in [3.63, 3.8) is 0 Å². The number of benzene rings is 1. The van der Waals surface area contributed by atoms with Gasteiger partial charge < -0.3 is 24.8 Å². The number of hydrogen-bond donors (Lipinski definition) is 2. The van der Waals surface area contributed by atoms with Crippen LogP contribution in [0, 0.1) is 11.3 Å². The fourth-order valence-corrected chi connectivity index (χ4v) is 3.89. The number of rotatable bonds is 10. The highest BCUT2D eigenvalue weighted by atomic mass is 16.6. The number of hydrogen-bond acceptors (Lipinski definition) is 6. The Hall–Kier alpha value is -2.30. The van der Waals surface area contributed by atoms with Gasteiger partial charge in [-0.1, -0.05) is 19.9 Å². The van der Waals surface area contributed by atoms with Gasteiger partial charge in [-0.3, -0.25) is 4.79 Å². The minimum Gasteiger partial charge on any atom is -0.486 e. The average molecular weight is 418 g/mol. The number of ether oxygens (including phenoxy) is 2. The summed E-state index contributed by atoms with van der Waals surface area (Å²) in [5, 5.41) is 22.7. The molecule has 2 aliphatic heterocycles. The highest BCUT2D eigenvalue weighted by molar-refractivity contribution is 5.76. The molecular weight excluding hydrogens is 382 g/mol. The zero-order chi connectivity index (χ0) is 20.5. The van der Waals surface area contributed by atoms with Crippen LogP contribution < -0.4 is 14.8 Å². The van der Waals surface area contributed by atoms with Crippen LogP contribution in [0.15, 0.2) is 18.2 Å². The largest absolute Gasteiger partial charge is 0.486 e. The normalized spacial score (nSPS) is 17.5. The minimum atomic E-state index is -0.825. The third-order valence-electron chi connectivity index (χ3n) is 5.48. The Morgan fingerprint density at radius 3 is 2.63 bits per heavy atom. The Morgan fingerprint density at radius 2 is 1.90 bits per heavy atom. The SMILES string of the molecule is C.N#CCCCCCC(=O)N[C@H](CN1CCCC1)[C@H](O)c1ccc2c(c1)OCCO2. The van der Waals surface area contributed by atoms with Crippen molar-refractivity contribution in [2.75, 3.05) is 32.8 Å². The van der Waals surface area contributed by atoms with E-state index < -0.39 is 6.10 Å². The third kappa shape index (κ3) is 6.89. The quantitative estimate of drug-likeness (QED) is 0.568. The highest BCUT2D eigenvalue weighted by Gasteiger charge is 2.27. The van der Waals surface area contributed by atoms with Crippen molar-refractivity contribution in [1.82, 2.24) is 10.2 Å². The molecule has 166 valence electrons. The monoisotopic (exact) mass is 417 g/mol. The van der Waals surface area contributed by atoms with Gasteiger partial charge >= 0.3 is 0 Å². The van der Waals surface area contributed by atoms with Crippen LogP contribution >= 0.6 is 0 Å². The molecule has 7 nitrogen and oxygen atoms in total. The number of nitrogens with one attached hydrogen (secondary N) is 1. The number of unbranched alkanes of at least 4 members (excludes halogenated alkanes) is 3. The zero-order valence-electron chi connectivity index (χ0n) is 16.9. The molecule has 0 aromatic heterocycles. The van der Waals surface area contributed by atoms with Crippen molar-refractivity contribution in [1.29, 1.82) is 5.26 Å². The molecule has 2 heterocycles. The van der Waals surface area contributed by atoms with Crippen molar-refractivity contribution in [2.24, 2.45) is 0 Å². The summed E-state index contributed by atoms with van der Waals surface area (Å²) in [6.07, 6.45) is 4.86. The van der Waals surface area contributed by atoms with Gasteiger partial charge in [0, 0.05) is 19.4 Å². The topological polar surface area (TPSA) is 94.8 Å². The maximum atomic E-state index is 12.5. The Bertz CT molecular complexity index is 713. The van der Waals surface area contributed by atoms with Crippen molar-refractivity contribution < 1.29 is 19.4 Å². The summed E-state index contributed by atoms with van der Waals surface area (Å²) in [5.41, 5.74) is 0.716. The van der Waals surface area contributed by atoms with Crippen LogP contribution in [0.1, 0.15) is 64.0 Å². The number of aliphatic hydroxyl groups is 1.